The molecule has 0 saturated heterocycles. The van der Waals surface area contributed by atoms with Crippen LogP contribution >= 0.6 is 0 Å². The number of carbonyl (C=O) groups is 1. The molecule has 1 amide bonds. The van der Waals surface area contributed by atoms with Gasteiger partial charge in [-0.1, -0.05) is 12.1 Å². The number of nitrogens with one attached hydrogen (secondary N) is 1. The van der Waals surface area contributed by atoms with E-state index >= 15 is 0 Å². The predicted molar refractivity (Wildman–Crippen MR) is 79.2 cm³/mol. The molecular formula is C15H21N3O. The van der Waals surface area contributed by atoms with Gasteiger partial charge < -0.3 is 16.0 Å². The first-order valence-electron chi connectivity index (χ1n) is 6.67. The first kappa shape index (κ1) is 13.5. The quantitative estimate of drug-likeness (QED) is 0.639. The molecule has 3 N–H and O–H groups in total. The van der Waals surface area contributed by atoms with E-state index in [-0.39, 0.29) is 11.9 Å². The zero-order valence-electron chi connectivity index (χ0n) is 11.4. The highest BCUT2D eigenvalue weighted by Gasteiger charge is 2.26. The molecule has 1 unspecified atom stereocenters. The molecule has 1 aromatic rings. The number of nitrogens with zero attached hydrogens (tertiary/aromatic N) is 1. The summed E-state index contributed by atoms with van der Waals surface area (Å²) in [6, 6.07) is 5.72. The lowest BCUT2D eigenvalue weighted by Crippen LogP contribution is -2.47. The van der Waals surface area contributed by atoms with Gasteiger partial charge in [-0.25, -0.2) is 0 Å². The number of rotatable bonds is 4. The highest BCUT2D eigenvalue weighted by molar-refractivity contribution is 5.86. The number of nitrogen functional groups attached to an aromatic ring is 1. The minimum atomic E-state index is -0.194. The number of fused-ring (bicyclic) bond motifs is 1. The fourth-order valence-corrected chi connectivity index (χ4v) is 2.54. The molecule has 0 aliphatic carbocycles. The van der Waals surface area contributed by atoms with Gasteiger partial charge in [0.05, 0.1) is 0 Å². The van der Waals surface area contributed by atoms with Gasteiger partial charge in [0.2, 0.25) is 5.91 Å². The molecule has 1 aliphatic rings. The Balaban J connectivity index is 2.21. The topological polar surface area (TPSA) is 58.4 Å². The molecule has 1 atom stereocenters. The minimum absolute atomic E-state index is 0.0233. The van der Waals surface area contributed by atoms with Crippen LogP contribution in [-0.2, 0) is 11.2 Å². The van der Waals surface area contributed by atoms with Crippen LogP contribution in [0.15, 0.2) is 30.9 Å². The smallest absolute Gasteiger partial charge is 0.242 e. The van der Waals surface area contributed by atoms with Gasteiger partial charge in [0, 0.05) is 24.5 Å². The van der Waals surface area contributed by atoms with Crippen molar-refractivity contribution in [2.75, 3.05) is 23.7 Å². The summed E-state index contributed by atoms with van der Waals surface area (Å²) in [6.07, 6.45) is 3.70. The maximum Gasteiger partial charge on any atom is 0.242 e. The Hall–Kier alpha value is -1.97. The lowest BCUT2D eigenvalue weighted by molar-refractivity contribution is -0.121. The van der Waals surface area contributed by atoms with E-state index in [1.807, 2.05) is 25.1 Å². The molecule has 0 aromatic heterocycles. The molecule has 4 heteroatoms. The van der Waals surface area contributed by atoms with Crippen LogP contribution in [0.4, 0.5) is 11.4 Å². The summed E-state index contributed by atoms with van der Waals surface area (Å²) in [4.78, 5) is 14.2. The Morgan fingerprint density at radius 2 is 2.42 bits per heavy atom. The van der Waals surface area contributed by atoms with Crippen molar-refractivity contribution < 1.29 is 4.79 Å². The molecule has 1 heterocycles. The minimum Gasteiger partial charge on any atom is -0.398 e. The van der Waals surface area contributed by atoms with Crippen LogP contribution in [0.1, 0.15) is 18.9 Å². The molecular weight excluding hydrogens is 238 g/mol. The van der Waals surface area contributed by atoms with Crippen molar-refractivity contribution in [1.82, 2.24) is 5.32 Å². The number of benzene rings is 1. The molecule has 0 bridgehead atoms. The largest absolute Gasteiger partial charge is 0.398 e. The fourth-order valence-electron chi connectivity index (χ4n) is 2.54. The van der Waals surface area contributed by atoms with Gasteiger partial charge in [-0.3, -0.25) is 4.79 Å². The van der Waals surface area contributed by atoms with Crippen molar-refractivity contribution in [3.63, 3.8) is 0 Å². The fraction of sp³-hybridized carbons (Fsp3) is 0.400. The lowest BCUT2D eigenvalue weighted by Gasteiger charge is -2.35. The SMILES string of the molecule is C=CCNC(=O)C(C)N1CCCc2c(N)cccc21. The number of amides is 1. The van der Waals surface area contributed by atoms with E-state index in [4.69, 9.17) is 5.73 Å². The Morgan fingerprint density at radius 3 is 3.16 bits per heavy atom. The van der Waals surface area contributed by atoms with Gasteiger partial charge in [0.25, 0.3) is 0 Å². The van der Waals surface area contributed by atoms with Crippen molar-refractivity contribution in [1.29, 1.82) is 0 Å². The van der Waals surface area contributed by atoms with Gasteiger partial charge in [-0.2, -0.15) is 0 Å². The van der Waals surface area contributed by atoms with Crippen molar-refractivity contribution in [2.24, 2.45) is 0 Å². The third kappa shape index (κ3) is 2.72. The highest BCUT2D eigenvalue weighted by atomic mass is 16.2. The van der Waals surface area contributed by atoms with Crippen LogP contribution in [0.2, 0.25) is 0 Å². The summed E-state index contributed by atoms with van der Waals surface area (Å²) >= 11 is 0. The van der Waals surface area contributed by atoms with Gasteiger partial charge in [-0.05, 0) is 37.5 Å². The van der Waals surface area contributed by atoms with E-state index in [0.29, 0.717) is 6.54 Å². The van der Waals surface area contributed by atoms with Crippen LogP contribution in [-0.4, -0.2) is 25.0 Å². The summed E-state index contributed by atoms with van der Waals surface area (Å²) in [5.41, 5.74) is 9.09. The summed E-state index contributed by atoms with van der Waals surface area (Å²) < 4.78 is 0. The number of hydrogen-bond acceptors (Lipinski definition) is 3. The zero-order valence-corrected chi connectivity index (χ0v) is 11.4. The Morgan fingerprint density at radius 1 is 1.63 bits per heavy atom. The third-order valence-electron chi connectivity index (χ3n) is 3.59. The molecule has 0 saturated carbocycles. The van der Waals surface area contributed by atoms with Crippen LogP contribution in [0.3, 0.4) is 0 Å². The number of carbonyl (C=O) groups excluding carboxylic acids is 1. The molecule has 1 aliphatic heterocycles. The lowest BCUT2D eigenvalue weighted by atomic mass is 9.98. The molecule has 0 fully saturated rings. The van der Waals surface area contributed by atoms with Crippen LogP contribution in [0.25, 0.3) is 0 Å². The Bertz CT molecular complexity index is 484. The summed E-state index contributed by atoms with van der Waals surface area (Å²) in [7, 11) is 0. The average molecular weight is 259 g/mol. The molecule has 0 spiro atoms. The van der Waals surface area contributed by atoms with Gasteiger partial charge in [0.1, 0.15) is 6.04 Å². The molecule has 0 radical (unpaired) electrons. The normalized spacial score (nSPS) is 15.5. The number of anilines is 2. The van der Waals surface area contributed by atoms with Crippen molar-refractivity contribution in [3.05, 3.63) is 36.4 Å². The van der Waals surface area contributed by atoms with Crippen molar-refractivity contribution in [2.45, 2.75) is 25.8 Å². The second kappa shape index (κ2) is 5.78. The van der Waals surface area contributed by atoms with Crippen LogP contribution < -0.4 is 16.0 Å². The summed E-state index contributed by atoms with van der Waals surface area (Å²) in [5.74, 6) is 0.0233. The van der Waals surface area contributed by atoms with E-state index in [2.05, 4.69) is 16.8 Å². The average Bonchev–Trinajstić information content (AvgIpc) is 2.44. The van der Waals surface area contributed by atoms with Crippen LogP contribution in [0.5, 0.6) is 0 Å². The van der Waals surface area contributed by atoms with E-state index in [1.54, 1.807) is 6.08 Å². The third-order valence-corrected chi connectivity index (χ3v) is 3.59. The zero-order chi connectivity index (χ0) is 13.8. The standard InChI is InChI=1S/C15H21N3O/c1-3-9-17-15(19)11(2)18-10-5-6-12-13(16)7-4-8-14(12)18/h3-4,7-8,11H,1,5-6,9-10,16H2,2H3,(H,17,19). The van der Waals surface area contributed by atoms with Crippen LogP contribution in [0, 0.1) is 0 Å². The second-order valence-corrected chi connectivity index (χ2v) is 4.85. The van der Waals surface area contributed by atoms with E-state index in [0.717, 1.165) is 36.3 Å². The van der Waals surface area contributed by atoms with E-state index in [1.165, 1.54) is 0 Å². The Kier molecular flexibility index (Phi) is 4.10. The van der Waals surface area contributed by atoms with Crippen molar-refractivity contribution in [3.8, 4) is 0 Å². The van der Waals surface area contributed by atoms with E-state index < -0.39 is 0 Å². The molecule has 2 rings (SSSR count). The molecule has 102 valence electrons. The molecule has 19 heavy (non-hydrogen) atoms. The number of nitrogens with two attached hydrogens (primary N) is 1. The van der Waals surface area contributed by atoms with Gasteiger partial charge in [0.15, 0.2) is 0 Å². The van der Waals surface area contributed by atoms with E-state index in [9.17, 15) is 4.79 Å². The molecule has 1 aromatic carbocycles. The summed E-state index contributed by atoms with van der Waals surface area (Å²) in [6.45, 7) is 6.92. The monoisotopic (exact) mass is 259 g/mol. The molecule has 4 nitrogen and oxygen atoms in total. The predicted octanol–water partition coefficient (Wildman–Crippen LogP) is 1.71. The van der Waals surface area contributed by atoms with Gasteiger partial charge >= 0.3 is 0 Å². The van der Waals surface area contributed by atoms with Crippen molar-refractivity contribution >= 4 is 17.3 Å². The second-order valence-electron chi connectivity index (χ2n) is 4.85. The maximum atomic E-state index is 12.1. The number of hydrogen-bond donors (Lipinski definition) is 2. The van der Waals surface area contributed by atoms with Gasteiger partial charge in [-0.15, -0.1) is 6.58 Å². The highest BCUT2D eigenvalue weighted by Crippen LogP contribution is 2.32. The first-order valence-corrected chi connectivity index (χ1v) is 6.67. The Labute approximate surface area is 114 Å². The first-order chi connectivity index (χ1) is 9.15. The summed E-state index contributed by atoms with van der Waals surface area (Å²) in [5, 5.41) is 2.84. The maximum absolute atomic E-state index is 12.1.